The van der Waals surface area contributed by atoms with Gasteiger partial charge >= 0.3 is 0 Å². The SMILES string of the molecule is CCOc1cc(/C=N/NC(=O)COc2cccc(C(C)C)c2)ccc1O. The van der Waals surface area contributed by atoms with Gasteiger partial charge in [0, 0.05) is 0 Å². The fraction of sp³-hybridized carbons (Fsp3) is 0.300. The number of benzene rings is 2. The molecule has 1 amide bonds. The first-order chi connectivity index (χ1) is 12.5. The van der Waals surface area contributed by atoms with Gasteiger partial charge in [0.1, 0.15) is 5.75 Å². The molecule has 0 spiro atoms. The molecule has 0 saturated carbocycles. The van der Waals surface area contributed by atoms with Crippen molar-refractivity contribution < 1.29 is 19.4 Å². The minimum absolute atomic E-state index is 0.0602. The van der Waals surface area contributed by atoms with Crippen LogP contribution in [0.4, 0.5) is 0 Å². The van der Waals surface area contributed by atoms with Crippen molar-refractivity contribution in [1.82, 2.24) is 5.43 Å². The van der Waals surface area contributed by atoms with Crippen LogP contribution in [0.25, 0.3) is 0 Å². The number of amides is 1. The second kappa shape index (κ2) is 9.46. The summed E-state index contributed by atoms with van der Waals surface area (Å²) in [5.74, 6) is 1.11. The number of hydrazone groups is 1. The molecule has 0 heterocycles. The standard InChI is InChI=1S/C20H24N2O4/c1-4-25-19-10-15(8-9-18(19)23)12-21-22-20(24)13-26-17-7-5-6-16(11-17)14(2)3/h5-12,14,23H,4,13H2,1-3H3,(H,22,24)/b21-12+. The van der Waals surface area contributed by atoms with Crippen molar-refractivity contribution in [3.8, 4) is 17.2 Å². The molecular weight excluding hydrogens is 332 g/mol. The Bertz CT molecular complexity index is 772. The lowest BCUT2D eigenvalue weighted by atomic mass is 10.0. The number of aromatic hydroxyl groups is 1. The average Bonchev–Trinajstić information content (AvgIpc) is 2.63. The molecule has 0 aromatic heterocycles. The smallest absolute Gasteiger partial charge is 0.277 e. The maximum absolute atomic E-state index is 11.8. The highest BCUT2D eigenvalue weighted by atomic mass is 16.5. The van der Waals surface area contributed by atoms with E-state index in [-0.39, 0.29) is 18.3 Å². The Balaban J connectivity index is 1.86. The Morgan fingerprint density at radius 3 is 2.77 bits per heavy atom. The summed E-state index contributed by atoms with van der Waals surface area (Å²) in [4.78, 5) is 11.8. The summed E-state index contributed by atoms with van der Waals surface area (Å²) >= 11 is 0. The second-order valence-electron chi connectivity index (χ2n) is 5.97. The van der Waals surface area contributed by atoms with Gasteiger partial charge in [-0.05, 0) is 54.3 Å². The molecule has 0 radical (unpaired) electrons. The Morgan fingerprint density at radius 1 is 1.23 bits per heavy atom. The minimum Gasteiger partial charge on any atom is -0.504 e. The van der Waals surface area contributed by atoms with Crippen molar-refractivity contribution in [1.29, 1.82) is 0 Å². The third-order valence-electron chi connectivity index (χ3n) is 3.58. The van der Waals surface area contributed by atoms with Crippen molar-refractivity contribution in [2.24, 2.45) is 5.10 Å². The van der Waals surface area contributed by atoms with Crippen LogP contribution in [0.15, 0.2) is 47.6 Å². The van der Waals surface area contributed by atoms with E-state index in [0.717, 1.165) is 5.56 Å². The molecule has 6 nitrogen and oxygen atoms in total. The number of hydrogen-bond donors (Lipinski definition) is 2. The zero-order valence-electron chi connectivity index (χ0n) is 15.2. The van der Waals surface area contributed by atoms with E-state index < -0.39 is 0 Å². The highest BCUT2D eigenvalue weighted by molar-refractivity contribution is 5.83. The number of hydrogen-bond acceptors (Lipinski definition) is 5. The van der Waals surface area contributed by atoms with E-state index in [9.17, 15) is 9.90 Å². The van der Waals surface area contributed by atoms with Crippen LogP contribution < -0.4 is 14.9 Å². The molecule has 6 heteroatoms. The van der Waals surface area contributed by atoms with E-state index in [4.69, 9.17) is 9.47 Å². The lowest BCUT2D eigenvalue weighted by Crippen LogP contribution is -2.24. The number of nitrogens with one attached hydrogen (secondary N) is 1. The molecular formula is C20H24N2O4. The number of nitrogens with zero attached hydrogens (tertiary/aromatic N) is 1. The molecule has 0 aliphatic carbocycles. The zero-order chi connectivity index (χ0) is 18.9. The summed E-state index contributed by atoms with van der Waals surface area (Å²) in [6.45, 7) is 6.35. The van der Waals surface area contributed by atoms with Gasteiger partial charge in [-0.1, -0.05) is 26.0 Å². The largest absolute Gasteiger partial charge is 0.504 e. The first kappa shape index (κ1) is 19.3. The monoisotopic (exact) mass is 356 g/mol. The van der Waals surface area contributed by atoms with Gasteiger partial charge in [-0.15, -0.1) is 0 Å². The van der Waals surface area contributed by atoms with Crippen molar-refractivity contribution in [3.05, 3.63) is 53.6 Å². The van der Waals surface area contributed by atoms with E-state index in [1.165, 1.54) is 12.3 Å². The maximum atomic E-state index is 11.8. The third kappa shape index (κ3) is 5.81. The minimum atomic E-state index is -0.361. The summed E-state index contributed by atoms with van der Waals surface area (Å²) in [6.07, 6.45) is 1.47. The van der Waals surface area contributed by atoms with Crippen LogP contribution in [0.5, 0.6) is 17.2 Å². The lowest BCUT2D eigenvalue weighted by Gasteiger charge is -2.09. The molecule has 0 aliphatic heterocycles. The molecule has 2 N–H and O–H groups in total. The summed E-state index contributed by atoms with van der Waals surface area (Å²) < 4.78 is 10.8. The van der Waals surface area contributed by atoms with Gasteiger partial charge in [-0.25, -0.2) is 5.43 Å². The highest BCUT2D eigenvalue weighted by Gasteiger charge is 2.05. The van der Waals surface area contributed by atoms with Crippen LogP contribution in [0.2, 0.25) is 0 Å². The van der Waals surface area contributed by atoms with E-state index >= 15 is 0 Å². The summed E-state index contributed by atoms with van der Waals surface area (Å²) in [7, 11) is 0. The van der Waals surface area contributed by atoms with E-state index in [1.54, 1.807) is 12.1 Å². The average molecular weight is 356 g/mol. The molecule has 0 bridgehead atoms. The van der Waals surface area contributed by atoms with E-state index in [0.29, 0.717) is 29.6 Å². The maximum Gasteiger partial charge on any atom is 0.277 e. The van der Waals surface area contributed by atoms with Gasteiger partial charge in [-0.3, -0.25) is 4.79 Å². The highest BCUT2D eigenvalue weighted by Crippen LogP contribution is 2.26. The topological polar surface area (TPSA) is 80.2 Å². The third-order valence-corrected chi connectivity index (χ3v) is 3.58. The molecule has 26 heavy (non-hydrogen) atoms. The first-order valence-corrected chi connectivity index (χ1v) is 8.50. The van der Waals surface area contributed by atoms with Gasteiger partial charge in [0.15, 0.2) is 18.1 Å². The van der Waals surface area contributed by atoms with Crippen LogP contribution in [0, 0.1) is 0 Å². The molecule has 2 aromatic carbocycles. The first-order valence-electron chi connectivity index (χ1n) is 8.50. The number of phenolic OH excluding ortho intramolecular Hbond substituents is 1. The Morgan fingerprint density at radius 2 is 2.04 bits per heavy atom. The van der Waals surface area contributed by atoms with Gasteiger partial charge in [0.25, 0.3) is 5.91 Å². The Kier molecular flexibility index (Phi) is 7.02. The molecule has 0 aliphatic rings. The lowest BCUT2D eigenvalue weighted by molar-refractivity contribution is -0.123. The summed E-state index contributed by atoms with van der Waals surface area (Å²) in [6, 6.07) is 12.5. The van der Waals surface area contributed by atoms with E-state index in [1.807, 2.05) is 31.2 Å². The predicted octanol–water partition coefficient (Wildman–Crippen LogP) is 3.44. The van der Waals surface area contributed by atoms with Crippen LogP contribution in [0.3, 0.4) is 0 Å². The Hall–Kier alpha value is -3.02. The van der Waals surface area contributed by atoms with Crippen molar-refractivity contribution in [2.75, 3.05) is 13.2 Å². The fourth-order valence-corrected chi connectivity index (χ4v) is 2.21. The van der Waals surface area contributed by atoms with Crippen LogP contribution in [-0.2, 0) is 4.79 Å². The summed E-state index contributed by atoms with van der Waals surface area (Å²) in [5.41, 5.74) is 4.25. The summed E-state index contributed by atoms with van der Waals surface area (Å²) in [5, 5.41) is 13.5. The van der Waals surface area contributed by atoms with Gasteiger partial charge in [0.05, 0.1) is 12.8 Å². The van der Waals surface area contributed by atoms with Gasteiger partial charge in [0.2, 0.25) is 0 Å². The molecule has 0 unspecified atom stereocenters. The molecule has 0 atom stereocenters. The van der Waals surface area contributed by atoms with E-state index in [2.05, 4.69) is 24.4 Å². The molecule has 138 valence electrons. The van der Waals surface area contributed by atoms with Crippen LogP contribution >= 0.6 is 0 Å². The predicted molar refractivity (Wildman–Crippen MR) is 101 cm³/mol. The normalized spacial score (nSPS) is 10.9. The number of carbonyl (C=O) groups is 1. The number of phenols is 1. The van der Waals surface area contributed by atoms with Gasteiger partial charge in [-0.2, -0.15) is 5.10 Å². The quantitative estimate of drug-likeness (QED) is 0.561. The Labute approximate surface area is 153 Å². The fourth-order valence-electron chi connectivity index (χ4n) is 2.21. The van der Waals surface area contributed by atoms with Crippen molar-refractivity contribution in [3.63, 3.8) is 0 Å². The number of rotatable bonds is 8. The van der Waals surface area contributed by atoms with Gasteiger partial charge < -0.3 is 14.6 Å². The van der Waals surface area contributed by atoms with Crippen molar-refractivity contribution in [2.45, 2.75) is 26.7 Å². The second-order valence-corrected chi connectivity index (χ2v) is 5.97. The zero-order valence-corrected chi connectivity index (χ0v) is 15.2. The number of ether oxygens (including phenoxy) is 2. The van der Waals surface area contributed by atoms with Crippen molar-refractivity contribution >= 4 is 12.1 Å². The number of carbonyl (C=O) groups excluding carboxylic acids is 1. The van der Waals surface area contributed by atoms with Crippen LogP contribution in [0.1, 0.15) is 37.8 Å². The molecule has 0 fully saturated rings. The molecule has 2 aromatic rings. The van der Waals surface area contributed by atoms with Crippen LogP contribution in [-0.4, -0.2) is 30.4 Å². The molecule has 0 saturated heterocycles. The molecule has 2 rings (SSSR count).